The molecule has 0 aromatic carbocycles. The summed E-state index contributed by atoms with van der Waals surface area (Å²) in [5.74, 6) is -0.760. The van der Waals surface area contributed by atoms with Crippen LogP contribution in [0, 0.1) is 0 Å². The molecule has 1 aliphatic rings. The third-order valence-electron chi connectivity index (χ3n) is 3.28. The van der Waals surface area contributed by atoms with Crippen LogP contribution in [0.5, 0.6) is 0 Å². The molecule has 1 aromatic heterocycles. The number of piperidine rings is 1. The predicted molar refractivity (Wildman–Crippen MR) is 69.1 cm³/mol. The first-order valence-corrected chi connectivity index (χ1v) is 6.04. The van der Waals surface area contributed by atoms with E-state index in [-0.39, 0.29) is 24.6 Å². The lowest BCUT2D eigenvalue weighted by atomic mass is 10.0. The number of aryl methyl sites for hydroxylation is 1. The molecular weight excluding hydrogens is 266 g/mol. The van der Waals surface area contributed by atoms with Crippen LogP contribution in [0.15, 0.2) is 9.59 Å². The summed E-state index contributed by atoms with van der Waals surface area (Å²) in [4.78, 5) is 47.7. The average molecular weight is 281 g/mol. The second kappa shape index (κ2) is 4.91. The molecule has 0 spiro atoms. The standard InChI is InChI=1S/C11H15N5O4/c1-14-7(17)5-4-6(9(14)18)12-8-10(19)15(2)11(20)16(3)13-8/h6H,4-5H2,1-3H3,(H,12,13). The summed E-state index contributed by atoms with van der Waals surface area (Å²) >= 11 is 0. The monoisotopic (exact) mass is 281 g/mol. The van der Waals surface area contributed by atoms with Crippen molar-refractivity contribution in [3.63, 3.8) is 0 Å². The van der Waals surface area contributed by atoms with Crippen molar-refractivity contribution in [2.24, 2.45) is 14.1 Å². The molecule has 2 amide bonds. The van der Waals surface area contributed by atoms with E-state index in [1.54, 1.807) is 0 Å². The molecule has 9 heteroatoms. The summed E-state index contributed by atoms with van der Waals surface area (Å²) in [6.07, 6.45) is 0.502. The predicted octanol–water partition coefficient (Wildman–Crippen LogP) is -1.96. The zero-order valence-corrected chi connectivity index (χ0v) is 11.4. The van der Waals surface area contributed by atoms with Gasteiger partial charge in [0.15, 0.2) is 0 Å². The minimum atomic E-state index is -0.699. The molecule has 0 saturated carbocycles. The lowest BCUT2D eigenvalue weighted by molar-refractivity contribution is -0.146. The molecule has 108 valence electrons. The quantitative estimate of drug-likeness (QED) is 0.631. The van der Waals surface area contributed by atoms with Gasteiger partial charge in [-0.15, -0.1) is 5.10 Å². The number of carbonyl (C=O) groups is 2. The van der Waals surface area contributed by atoms with Crippen molar-refractivity contribution in [3.05, 3.63) is 20.8 Å². The Morgan fingerprint density at radius 2 is 1.80 bits per heavy atom. The summed E-state index contributed by atoms with van der Waals surface area (Å²) in [5.41, 5.74) is -1.16. The van der Waals surface area contributed by atoms with E-state index in [9.17, 15) is 19.2 Å². The Bertz CT molecular complexity index is 689. The Morgan fingerprint density at radius 1 is 1.15 bits per heavy atom. The van der Waals surface area contributed by atoms with Crippen LogP contribution in [-0.4, -0.2) is 44.2 Å². The molecule has 1 saturated heterocycles. The van der Waals surface area contributed by atoms with Gasteiger partial charge in [-0.2, -0.15) is 0 Å². The van der Waals surface area contributed by atoms with E-state index in [0.29, 0.717) is 0 Å². The van der Waals surface area contributed by atoms with Crippen molar-refractivity contribution in [2.75, 3.05) is 12.4 Å². The maximum Gasteiger partial charge on any atom is 0.346 e. The minimum absolute atomic E-state index is 0.0873. The van der Waals surface area contributed by atoms with E-state index < -0.39 is 23.2 Å². The first kappa shape index (κ1) is 14.0. The molecule has 2 rings (SSSR count). The number of nitrogens with one attached hydrogen (secondary N) is 1. The van der Waals surface area contributed by atoms with Gasteiger partial charge in [-0.1, -0.05) is 0 Å². The molecular formula is C11H15N5O4. The van der Waals surface area contributed by atoms with Gasteiger partial charge in [-0.05, 0) is 6.42 Å². The molecule has 20 heavy (non-hydrogen) atoms. The van der Waals surface area contributed by atoms with Gasteiger partial charge in [-0.3, -0.25) is 23.9 Å². The van der Waals surface area contributed by atoms with E-state index in [1.807, 2.05) is 0 Å². The molecule has 1 aliphatic heterocycles. The number of hydrogen-bond donors (Lipinski definition) is 1. The Labute approximate surface area is 113 Å². The SMILES string of the molecule is CN1C(=O)CCC(Nc2nn(C)c(=O)n(C)c2=O)C1=O. The van der Waals surface area contributed by atoms with Crippen LogP contribution in [0.1, 0.15) is 12.8 Å². The molecule has 1 aromatic rings. The van der Waals surface area contributed by atoms with Gasteiger partial charge < -0.3 is 5.32 Å². The second-order valence-corrected chi connectivity index (χ2v) is 4.65. The van der Waals surface area contributed by atoms with Crippen LogP contribution in [0.4, 0.5) is 5.82 Å². The fourth-order valence-corrected chi connectivity index (χ4v) is 2.00. The van der Waals surface area contributed by atoms with Gasteiger partial charge in [-0.25, -0.2) is 9.48 Å². The van der Waals surface area contributed by atoms with Crippen LogP contribution >= 0.6 is 0 Å². The first-order valence-electron chi connectivity index (χ1n) is 6.04. The van der Waals surface area contributed by atoms with Crippen molar-refractivity contribution < 1.29 is 9.59 Å². The topological polar surface area (TPSA) is 106 Å². The number of nitrogens with zero attached hydrogens (tertiary/aromatic N) is 4. The lowest BCUT2D eigenvalue weighted by Crippen LogP contribution is -2.50. The number of aromatic nitrogens is 3. The Hall–Kier alpha value is -2.45. The number of rotatable bonds is 2. The molecule has 2 heterocycles. The van der Waals surface area contributed by atoms with E-state index in [2.05, 4.69) is 10.4 Å². The third kappa shape index (κ3) is 2.22. The van der Waals surface area contributed by atoms with Crippen molar-refractivity contribution in [3.8, 4) is 0 Å². The number of imide groups is 1. The first-order chi connectivity index (χ1) is 9.32. The molecule has 0 aliphatic carbocycles. The van der Waals surface area contributed by atoms with Gasteiger partial charge in [0.2, 0.25) is 11.7 Å². The minimum Gasteiger partial charge on any atom is -0.352 e. The summed E-state index contributed by atoms with van der Waals surface area (Å²) in [6, 6.07) is -0.699. The zero-order chi connectivity index (χ0) is 15.0. The highest BCUT2D eigenvalue weighted by Gasteiger charge is 2.32. The number of hydrogen-bond acceptors (Lipinski definition) is 6. The summed E-state index contributed by atoms with van der Waals surface area (Å²) in [6.45, 7) is 0. The fraction of sp³-hybridized carbons (Fsp3) is 0.545. The van der Waals surface area contributed by atoms with Gasteiger partial charge >= 0.3 is 5.69 Å². The van der Waals surface area contributed by atoms with Crippen LogP contribution in [0.3, 0.4) is 0 Å². The van der Waals surface area contributed by atoms with E-state index in [0.717, 1.165) is 14.1 Å². The van der Waals surface area contributed by atoms with Gasteiger partial charge in [0.05, 0.1) is 0 Å². The van der Waals surface area contributed by atoms with Crippen molar-refractivity contribution in [1.82, 2.24) is 19.2 Å². The van der Waals surface area contributed by atoms with Crippen LogP contribution in [0.2, 0.25) is 0 Å². The zero-order valence-electron chi connectivity index (χ0n) is 11.4. The summed E-state index contributed by atoms with van der Waals surface area (Å²) in [7, 11) is 4.13. The van der Waals surface area contributed by atoms with Gasteiger partial charge in [0.1, 0.15) is 6.04 Å². The number of anilines is 1. The molecule has 1 unspecified atom stereocenters. The summed E-state index contributed by atoms with van der Waals surface area (Å²) < 4.78 is 1.91. The third-order valence-corrected chi connectivity index (χ3v) is 3.28. The molecule has 0 radical (unpaired) electrons. The van der Waals surface area contributed by atoms with Crippen molar-refractivity contribution in [1.29, 1.82) is 0 Å². The highest BCUT2D eigenvalue weighted by molar-refractivity contribution is 6.01. The Balaban J connectivity index is 2.32. The summed E-state index contributed by atoms with van der Waals surface area (Å²) in [5, 5.41) is 6.52. The highest BCUT2D eigenvalue weighted by atomic mass is 16.2. The highest BCUT2D eigenvalue weighted by Crippen LogP contribution is 2.13. The second-order valence-electron chi connectivity index (χ2n) is 4.65. The number of carbonyl (C=O) groups excluding carboxylic acids is 2. The number of likely N-dealkylation sites (N-methyl/N-ethyl adjacent to an activating group) is 1. The van der Waals surface area contributed by atoms with Crippen LogP contribution < -0.4 is 16.6 Å². The average Bonchev–Trinajstić information content (AvgIpc) is 2.42. The molecule has 9 nitrogen and oxygen atoms in total. The van der Waals surface area contributed by atoms with E-state index in [4.69, 9.17) is 0 Å². The molecule has 1 fully saturated rings. The van der Waals surface area contributed by atoms with Crippen molar-refractivity contribution in [2.45, 2.75) is 18.9 Å². The van der Waals surface area contributed by atoms with E-state index in [1.165, 1.54) is 21.1 Å². The Morgan fingerprint density at radius 3 is 2.45 bits per heavy atom. The smallest absolute Gasteiger partial charge is 0.346 e. The molecule has 1 atom stereocenters. The van der Waals surface area contributed by atoms with Crippen LogP contribution in [-0.2, 0) is 23.7 Å². The molecule has 1 N–H and O–H groups in total. The van der Waals surface area contributed by atoms with Gasteiger partial charge in [0, 0.05) is 27.6 Å². The Kier molecular flexibility index (Phi) is 3.43. The van der Waals surface area contributed by atoms with Gasteiger partial charge in [0.25, 0.3) is 11.5 Å². The lowest BCUT2D eigenvalue weighted by Gasteiger charge is -2.28. The molecule has 0 bridgehead atoms. The maximum atomic E-state index is 11.9. The maximum absolute atomic E-state index is 11.9. The van der Waals surface area contributed by atoms with Crippen molar-refractivity contribution >= 4 is 17.6 Å². The normalized spacial score (nSPS) is 19.4. The van der Waals surface area contributed by atoms with Crippen LogP contribution in [0.25, 0.3) is 0 Å². The number of likely N-dealkylation sites (tertiary alicyclic amines) is 1. The van der Waals surface area contributed by atoms with E-state index >= 15 is 0 Å². The number of amides is 2. The largest absolute Gasteiger partial charge is 0.352 e. The fourth-order valence-electron chi connectivity index (χ4n) is 2.00.